The van der Waals surface area contributed by atoms with E-state index in [0.717, 1.165) is 12.1 Å². The van der Waals surface area contributed by atoms with Gasteiger partial charge in [0.05, 0.1) is 17.3 Å². The number of allylic oxidation sites excluding steroid dienone is 2. The molecule has 1 aliphatic rings. The molecule has 0 bridgehead atoms. The predicted molar refractivity (Wildman–Crippen MR) is 71.8 cm³/mol. The van der Waals surface area contributed by atoms with Crippen molar-refractivity contribution >= 4 is 5.97 Å². The van der Waals surface area contributed by atoms with E-state index in [1.807, 2.05) is 13.8 Å². The number of carbonyl (C=O) groups excluding carboxylic acids is 1. The van der Waals surface area contributed by atoms with Gasteiger partial charge in [-0.2, -0.15) is 0 Å². The summed E-state index contributed by atoms with van der Waals surface area (Å²) in [4.78, 5) is 12.0. The Morgan fingerprint density at radius 3 is 2.43 bits per heavy atom. The number of ether oxygens (including phenoxy) is 1. The van der Waals surface area contributed by atoms with E-state index in [1.165, 1.54) is 19.1 Å². The molecule has 0 heterocycles. The first kappa shape index (κ1) is 15.6. The molecule has 0 aliphatic heterocycles. The lowest BCUT2D eigenvalue weighted by Crippen LogP contribution is -2.12. The van der Waals surface area contributed by atoms with Gasteiger partial charge in [0.2, 0.25) is 0 Å². The number of carbonyl (C=O) groups is 1. The molecular formula is C16H17F3O2. The van der Waals surface area contributed by atoms with E-state index in [9.17, 15) is 18.0 Å². The molecular weight excluding hydrogens is 281 g/mol. The van der Waals surface area contributed by atoms with E-state index in [-0.39, 0.29) is 17.3 Å². The highest BCUT2D eigenvalue weighted by atomic mass is 19.1. The predicted octanol–water partition coefficient (Wildman–Crippen LogP) is 4.15. The minimum atomic E-state index is -0.756. The van der Waals surface area contributed by atoms with Crippen LogP contribution in [0.3, 0.4) is 0 Å². The molecule has 2 nitrogen and oxygen atoms in total. The molecule has 0 radical (unpaired) electrons. The van der Waals surface area contributed by atoms with Crippen LogP contribution in [0.2, 0.25) is 0 Å². The van der Waals surface area contributed by atoms with E-state index in [2.05, 4.69) is 0 Å². The third kappa shape index (κ3) is 3.12. The zero-order valence-electron chi connectivity index (χ0n) is 12.1. The molecule has 0 amide bonds. The summed E-state index contributed by atoms with van der Waals surface area (Å²) in [7, 11) is 0. The van der Waals surface area contributed by atoms with E-state index in [1.54, 1.807) is 0 Å². The molecule has 2 rings (SSSR count). The van der Waals surface area contributed by atoms with Crippen molar-refractivity contribution in [2.45, 2.75) is 27.4 Å². The summed E-state index contributed by atoms with van der Waals surface area (Å²) < 4.78 is 44.8. The molecule has 2 atom stereocenters. The third-order valence-electron chi connectivity index (χ3n) is 3.99. The van der Waals surface area contributed by atoms with E-state index >= 15 is 0 Å². The summed E-state index contributed by atoms with van der Waals surface area (Å²) in [5, 5.41) is 0. The first-order valence-electron chi connectivity index (χ1n) is 6.68. The average Bonchev–Trinajstić information content (AvgIpc) is 2.89. The lowest BCUT2D eigenvalue weighted by Gasteiger charge is -2.07. The monoisotopic (exact) mass is 298 g/mol. The number of rotatable bonds is 4. The Labute approximate surface area is 121 Å². The third-order valence-corrected chi connectivity index (χ3v) is 3.99. The van der Waals surface area contributed by atoms with Crippen molar-refractivity contribution in [2.75, 3.05) is 0 Å². The number of halogens is 3. The zero-order valence-corrected chi connectivity index (χ0v) is 12.1. The molecule has 0 aromatic heterocycles. The second kappa shape index (κ2) is 5.54. The Bertz CT molecular complexity index is 569. The normalized spacial score (nSPS) is 23.8. The molecule has 1 aromatic rings. The van der Waals surface area contributed by atoms with Gasteiger partial charge in [-0.15, -0.1) is 0 Å². The largest absolute Gasteiger partial charge is 0.460 e. The fourth-order valence-corrected chi connectivity index (χ4v) is 2.59. The van der Waals surface area contributed by atoms with Crippen LogP contribution < -0.4 is 0 Å². The molecule has 1 aliphatic carbocycles. The minimum absolute atomic E-state index is 0.250. The van der Waals surface area contributed by atoms with Crippen molar-refractivity contribution in [2.24, 2.45) is 17.3 Å². The highest BCUT2D eigenvalue weighted by Crippen LogP contribution is 2.59. The maximum absolute atomic E-state index is 13.4. The van der Waals surface area contributed by atoms with Crippen LogP contribution in [-0.4, -0.2) is 5.97 Å². The molecule has 114 valence electrons. The van der Waals surface area contributed by atoms with Crippen LogP contribution in [0.4, 0.5) is 13.2 Å². The van der Waals surface area contributed by atoms with Crippen molar-refractivity contribution in [3.63, 3.8) is 0 Å². The Hall–Kier alpha value is -1.78. The number of hydrogen-bond donors (Lipinski definition) is 0. The minimum Gasteiger partial charge on any atom is -0.460 e. The van der Waals surface area contributed by atoms with Gasteiger partial charge in [0.15, 0.2) is 0 Å². The van der Waals surface area contributed by atoms with Crippen LogP contribution in [0.25, 0.3) is 0 Å². The zero-order chi connectivity index (χ0) is 15.8. The standard InChI is InChI=1S/C16H17F3O2/c1-9(17)7-11-14(16(11,2)3)15(20)21-8-10-12(18)5-4-6-13(10)19/h4-7,11,14H,8H2,1-3H3/b9-7+. The molecule has 2 unspecified atom stereocenters. The van der Waals surface area contributed by atoms with E-state index in [0.29, 0.717) is 0 Å². The number of esters is 1. The van der Waals surface area contributed by atoms with Gasteiger partial charge in [0.25, 0.3) is 0 Å². The van der Waals surface area contributed by atoms with Crippen molar-refractivity contribution in [1.29, 1.82) is 0 Å². The van der Waals surface area contributed by atoms with Gasteiger partial charge in [-0.3, -0.25) is 4.79 Å². The maximum Gasteiger partial charge on any atom is 0.310 e. The van der Waals surface area contributed by atoms with Gasteiger partial charge in [0.1, 0.15) is 18.2 Å². The summed E-state index contributed by atoms with van der Waals surface area (Å²) in [6, 6.07) is 3.45. The first-order valence-corrected chi connectivity index (χ1v) is 6.68. The Morgan fingerprint density at radius 2 is 1.90 bits per heavy atom. The van der Waals surface area contributed by atoms with Gasteiger partial charge < -0.3 is 4.74 Å². The van der Waals surface area contributed by atoms with Crippen molar-refractivity contribution in [3.05, 3.63) is 47.3 Å². The summed E-state index contributed by atoms with van der Waals surface area (Å²) in [5.74, 6) is -3.17. The SMILES string of the molecule is C/C(F)=C\C1C(C(=O)OCc2c(F)cccc2F)C1(C)C. The van der Waals surface area contributed by atoms with Crippen LogP contribution in [0.5, 0.6) is 0 Å². The topological polar surface area (TPSA) is 26.3 Å². The van der Waals surface area contributed by atoms with Crippen molar-refractivity contribution < 1.29 is 22.7 Å². The number of hydrogen-bond acceptors (Lipinski definition) is 2. The Morgan fingerprint density at radius 1 is 1.33 bits per heavy atom. The van der Waals surface area contributed by atoms with Crippen LogP contribution in [0.1, 0.15) is 26.3 Å². The lowest BCUT2D eigenvalue weighted by molar-refractivity contribution is -0.147. The van der Waals surface area contributed by atoms with Gasteiger partial charge in [-0.25, -0.2) is 13.2 Å². The quantitative estimate of drug-likeness (QED) is 0.780. The summed E-state index contributed by atoms with van der Waals surface area (Å²) in [6.45, 7) is 4.50. The Kier molecular flexibility index (Phi) is 4.12. The molecule has 1 aromatic carbocycles. The molecule has 1 fully saturated rings. The average molecular weight is 298 g/mol. The highest BCUT2D eigenvalue weighted by Gasteiger charge is 2.61. The van der Waals surface area contributed by atoms with Crippen LogP contribution in [-0.2, 0) is 16.1 Å². The highest BCUT2D eigenvalue weighted by molar-refractivity contribution is 5.78. The molecule has 5 heteroatoms. The Balaban J connectivity index is 2.02. The second-order valence-electron chi connectivity index (χ2n) is 5.89. The lowest BCUT2D eigenvalue weighted by atomic mass is 10.1. The van der Waals surface area contributed by atoms with E-state index in [4.69, 9.17) is 4.74 Å². The molecule has 0 spiro atoms. The summed E-state index contributed by atoms with van der Waals surface area (Å²) in [6.07, 6.45) is 1.38. The van der Waals surface area contributed by atoms with Gasteiger partial charge >= 0.3 is 5.97 Å². The fourth-order valence-electron chi connectivity index (χ4n) is 2.59. The summed E-state index contributed by atoms with van der Waals surface area (Å²) in [5.41, 5.74) is -0.684. The first-order chi connectivity index (χ1) is 9.75. The van der Waals surface area contributed by atoms with Crippen molar-refractivity contribution in [1.82, 2.24) is 0 Å². The summed E-state index contributed by atoms with van der Waals surface area (Å²) >= 11 is 0. The van der Waals surface area contributed by atoms with Crippen LogP contribution in [0.15, 0.2) is 30.1 Å². The van der Waals surface area contributed by atoms with E-state index < -0.39 is 35.5 Å². The second-order valence-corrected chi connectivity index (χ2v) is 5.89. The number of benzene rings is 1. The van der Waals surface area contributed by atoms with Crippen molar-refractivity contribution in [3.8, 4) is 0 Å². The molecule has 0 saturated heterocycles. The van der Waals surface area contributed by atoms with Crippen LogP contribution in [0, 0.1) is 28.9 Å². The molecule has 1 saturated carbocycles. The maximum atomic E-state index is 13.4. The molecule has 0 N–H and O–H groups in total. The van der Waals surface area contributed by atoms with Gasteiger partial charge in [-0.1, -0.05) is 19.9 Å². The smallest absolute Gasteiger partial charge is 0.310 e. The van der Waals surface area contributed by atoms with Gasteiger partial charge in [0, 0.05) is 0 Å². The van der Waals surface area contributed by atoms with Gasteiger partial charge in [-0.05, 0) is 36.5 Å². The fraction of sp³-hybridized carbons (Fsp3) is 0.438. The molecule has 21 heavy (non-hydrogen) atoms. The van der Waals surface area contributed by atoms with Crippen LogP contribution >= 0.6 is 0 Å².